The van der Waals surface area contributed by atoms with Crippen molar-refractivity contribution in [1.29, 1.82) is 0 Å². The number of nitrogens with one attached hydrogen (secondary N) is 2. The number of nitrogens with zero attached hydrogens (tertiary/aromatic N) is 1. The third-order valence-corrected chi connectivity index (χ3v) is 4.32. The van der Waals surface area contributed by atoms with E-state index in [1.807, 2.05) is 24.3 Å². The summed E-state index contributed by atoms with van der Waals surface area (Å²) in [5, 5.41) is 16.3. The lowest BCUT2D eigenvalue weighted by molar-refractivity contribution is 0.280. The van der Waals surface area contributed by atoms with Crippen LogP contribution in [-0.2, 0) is 13.2 Å². The molecule has 1 aliphatic rings. The SMILES string of the molecule is CCNC(=NCc1ccccc1CO)NC1CCCC(C)C1. The molecular formula is C18H29N3O. The van der Waals surface area contributed by atoms with Crippen LogP contribution in [0.3, 0.4) is 0 Å². The summed E-state index contributed by atoms with van der Waals surface area (Å²) in [7, 11) is 0. The molecule has 4 nitrogen and oxygen atoms in total. The highest BCUT2D eigenvalue weighted by molar-refractivity contribution is 5.80. The average molecular weight is 303 g/mol. The topological polar surface area (TPSA) is 56.7 Å². The normalized spacial score (nSPS) is 22.4. The zero-order valence-corrected chi connectivity index (χ0v) is 13.8. The molecule has 2 rings (SSSR count). The van der Waals surface area contributed by atoms with E-state index in [1.165, 1.54) is 25.7 Å². The van der Waals surface area contributed by atoms with Crippen molar-refractivity contribution in [1.82, 2.24) is 10.6 Å². The Morgan fingerprint density at radius 3 is 2.73 bits per heavy atom. The first-order chi connectivity index (χ1) is 10.7. The van der Waals surface area contributed by atoms with Gasteiger partial charge in [0.05, 0.1) is 13.2 Å². The molecule has 1 aliphatic carbocycles. The molecule has 122 valence electrons. The van der Waals surface area contributed by atoms with E-state index in [9.17, 15) is 5.11 Å². The number of hydrogen-bond acceptors (Lipinski definition) is 2. The van der Waals surface area contributed by atoms with Crippen LogP contribution in [0.25, 0.3) is 0 Å². The summed E-state index contributed by atoms with van der Waals surface area (Å²) in [6, 6.07) is 8.45. The molecule has 0 aliphatic heterocycles. The van der Waals surface area contributed by atoms with E-state index in [-0.39, 0.29) is 6.61 Å². The van der Waals surface area contributed by atoms with Gasteiger partial charge >= 0.3 is 0 Å². The largest absolute Gasteiger partial charge is 0.392 e. The van der Waals surface area contributed by atoms with Crippen molar-refractivity contribution in [2.24, 2.45) is 10.9 Å². The second-order valence-electron chi connectivity index (χ2n) is 6.24. The van der Waals surface area contributed by atoms with Gasteiger partial charge in [-0.3, -0.25) is 0 Å². The first-order valence-corrected chi connectivity index (χ1v) is 8.45. The van der Waals surface area contributed by atoms with E-state index in [1.54, 1.807) is 0 Å². The third-order valence-electron chi connectivity index (χ3n) is 4.32. The van der Waals surface area contributed by atoms with Crippen LogP contribution in [0.2, 0.25) is 0 Å². The van der Waals surface area contributed by atoms with Gasteiger partial charge in [-0.1, -0.05) is 44.0 Å². The molecule has 0 spiro atoms. The predicted octanol–water partition coefficient (Wildman–Crippen LogP) is 2.81. The van der Waals surface area contributed by atoms with Crippen molar-refractivity contribution >= 4 is 5.96 Å². The molecule has 1 aromatic carbocycles. The van der Waals surface area contributed by atoms with E-state index < -0.39 is 0 Å². The first-order valence-electron chi connectivity index (χ1n) is 8.45. The number of rotatable bonds is 5. The molecule has 2 unspecified atom stereocenters. The molecule has 4 heteroatoms. The maximum Gasteiger partial charge on any atom is 0.191 e. The van der Waals surface area contributed by atoms with Crippen LogP contribution >= 0.6 is 0 Å². The molecule has 0 heterocycles. The second-order valence-corrected chi connectivity index (χ2v) is 6.24. The van der Waals surface area contributed by atoms with Crippen LogP contribution in [0.15, 0.2) is 29.3 Å². The lowest BCUT2D eigenvalue weighted by Gasteiger charge is -2.28. The van der Waals surface area contributed by atoms with E-state index in [0.717, 1.165) is 29.5 Å². The molecule has 0 radical (unpaired) electrons. The first kappa shape index (κ1) is 16.8. The number of aliphatic hydroxyl groups excluding tert-OH is 1. The van der Waals surface area contributed by atoms with Crippen LogP contribution in [0.4, 0.5) is 0 Å². The van der Waals surface area contributed by atoms with Crippen molar-refractivity contribution in [3.63, 3.8) is 0 Å². The molecular weight excluding hydrogens is 274 g/mol. The van der Waals surface area contributed by atoms with Gasteiger partial charge in [-0.05, 0) is 36.8 Å². The van der Waals surface area contributed by atoms with E-state index in [4.69, 9.17) is 4.99 Å². The molecule has 22 heavy (non-hydrogen) atoms. The van der Waals surface area contributed by atoms with Gasteiger partial charge in [0.1, 0.15) is 0 Å². The zero-order valence-electron chi connectivity index (χ0n) is 13.8. The highest BCUT2D eigenvalue weighted by Crippen LogP contribution is 2.23. The lowest BCUT2D eigenvalue weighted by atomic mass is 9.87. The fraction of sp³-hybridized carbons (Fsp3) is 0.611. The van der Waals surface area contributed by atoms with Crippen LogP contribution in [0.5, 0.6) is 0 Å². The Morgan fingerprint density at radius 1 is 1.27 bits per heavy atom. The minimum Gasteiger partial charge on any atom is -0.392 e. The van der Waals surface area contributed by atoms with Crippen molar-refractivity contribution < 1.29 is 5.11 Å². The summed E-state index contributed by atoms with van der Waals surface area (Å²) < 4.78 is 0. The van der Waals surface area contributed by atoms with Gasteiger partial charge in [-0.2, -0.15) is 0 Å². The van der Waals surface area contributed by atoms with Gasteiger partial charge in [-0.15, -0.1) is 0 Å². The molecule has 0 bridgehead atoms. The Morgan fingerprint density at radius 2 is 2.05 bits per heavy atom. The Bertz CT molecular complexity index is 487. The van der Waals surface area contributed by atoms with Crippen LogP contribution in [0, 0.1) is 5.92 Å². The Hall–Kier alpha value is -1.55. The average Bonchev–Trinajstić information content (AvgIpc) is 2.53. The smallest absolute Gasteiger partial charge is 0.191 e. The monoisotopic (exact) mass is 303 g/mol. The van der Waals surface area contributed by atoms with Crippen molar-refractivity contribution in [2.75, 3.05) is 6.54 Å². The molecule has 0 saturated heterocycles. The van der Waals surface area contributed by atoms with E-state index >= 15 is 0 Å². The number of aliphatic imine (C=N–C) groups is 1. The van der Waals surface area contributed by atoms with E-state index in [0.29, 0.717) is 12.6 Å². The van der Waals surface area contributed by atoms with E-state index in [2.05, 4.69) is 24.5 Å². The number of aliphatic hydroxyl groups is 1. The number of guanidine groups is 1. The fourth-order valence-corrected chi connectivity index (χ4v) is 3.11. The lowest BCUT2D eigenvalue weighted by Crippen LogP contribution is -2.45. The molecule has 1 fully saturated rings. The van der Waals surface area contributed by atoms with Crippen LogP contribution in [-0.4, -0.2) is 23.7 Å². The summed E-state index contributed by atoms with van der Waals surface area (Å²) in [6.45, 7) is 5.93. The molecule has 1 saturated carbocycles. The van der Waals surface area contributed by atoms with Gasteiger partial charge < -0.3 is 15.7 Å². The predicted molar refractivity (Wildman–Crippen MR) is 91.7 cm³/mol. The Kier molecular flexibility index (Phi) is 6.72. The van der Waals surface area contributed by atoms with Gasteiger partial charge in [-0.25, -0.2) is 4.99 Å². The summed E-state index contributed by atoms with van der Waals surface area (Å²) in [6.07, 6.45) is 5.08. The van der Waals surface area contributed by atoms with Crippen molar-refractivity contribution in [2.45, 2.75) is 58.7 Å². The van der Waals surface area contributed by atoms with Gasteiger partial charge in [0.15, 0.2) is 5.96 Å². The van der Waals surface area contributed by atoms with Gasteiger partial charge in [0, 0.05) is 12.6 Å². The minimum atomic E-state index is 0.0653. The molecule has 0 amide bonds. The quantitative estimate of drug-likeness (QED) is 0.579. The van der Waals surface area contributed by atoms with Crippen LogP contribution in [0.1, 0.15) is 50.7 Å². The van der Waals surface area contributed by atoms with Gasteiger partial charge in [0.2, 0.25) is 0 Å². The molecule has 3 N–H and O–H groups in total. The van der Waals surface area contributed by atoms with Gasteiger partial charge in [0.25, 0.3) is 0 Å². The van der Waals surface area contributed by atoms with Crippen molar-refractivity contribution in [3.05, 3.63) is 35.4 Å². The second kappa shape index (κ2) is 8.79. The maximum atomic E-state index is 9.40. The summed E-state index contributed by atoms with van der Waals surface area (Å²) >= 11 is 0. The third kappa shape index (κ3) is 5.02. The molecule has 0 aromatic heterocycles. The summed E-state index contributed by atoms with van der Waals surface area (Å²) in [5.74, 6) is 1.68. The summed E-state index contributed by atoms with van der Waals surface area (Å²) in [4.78, 5) is 4.69. The number of hydrogen-bond donors (Lipinski definition) is 3. The molecule has 1 aromatic rings. The highest BCUT2D eigenvalue weighted by atomic mass is 16.3. The zero-order chi connectivity index (χ0) is 15.8. The highest BCUT2D eigenvalue weighted by Gasteiger charge is 2.19. The Labute approximate surface area is 134 Å². The Balaban J connectivity index is 2.00. The fourth-order valence-electron chi connectivity index (χ4n) is 3.11. The standard InChI is InChI=1S/C18H29N3O/c1-3-19-18(21-17-10-6-7-14(2)11-17)20-12-15-8-4-5-9-16(15)13-22/h4-5,8-9,14,17,22H,3,6-7,10-13H2,1-2H3,(H2,19,20,21). The maximum absolute atomic E-state index is 9.40. The molecule has 2 atom stereocenters. The van der Waals surface area contributed by atoms with Crippen molar-refractivity contribution in [3.8, 4) is 0 Å². The van der Waals surface area contributed by atoms with Crippen LogP contribution < -0.4 is 10.6 Å². The minimum absolute atomic E-state index is 0.0653. The number of benzene rings is 1. The summed E-state index contributed by atoms with van der Waals surface area (Å²) in [5.41, 5.74) is 2.03.